The molecule has 30 heavy (non-hydrogen) atoms. The lowest BCUT2D eigenvalue weighted by molar-refractivity contribution is -0.139. The number of imide groups is 1. The van der Waals surface area contributed by atoms with Crippen molar-refractivity contribution in [2.75, 3.05) is 20.4 Å². The van der Waals surface area contributed by atoms with Crippen molar-refractivity contribution in [3.8, 4) is 11.5 Å². The lowest BCUT2D eigenvalue weighted by atomic mass is 9.91. The summed E-state index contributed by atoms with van der Waals surface area (Å²) >= 11 is 0. The van der Waals surface area contributed by atoms with Gasteiger partial charge in [0, 0.05) is 7.05 Å². The van der Waals surface area contributed by atoms with Crippen LogP contribution in [0.4, 0.5) is 4.79 Å². The van der Waals surface area contributed by atoms with Crippen LogP contribution in [0.3, 0.4) is 0 Å². The molecule has 2 heterocycles. The van der Waals surface area contributed by atoms with E-state index in [2.05, 4.69) is 5.32 Å². The fraction of sp³-hybridized carbons (Fsp3) is 0.318. The van der Waals surface area contributed by atoms with Crippen molar-refractivity contribution < 1.29 is 23.9 Å². The predicted octanol–water partition coefficient (Wildman–Crippen LogP) is 2.40. The maximum atomic E-state index is 13.1. The fourth-order valence-corrected chi connectivity index (χ4v) is 3.66. The number of carbonyl (C=O) groups is 3. The van der Waals surface area contributed by atoms with Crippen LogP contribution >= 0.6 is 0 Å². The number of hydrogen-bond donors (Lipinski definition) is 1. The minimum atomic E-state index is -1.29. The highest BCUT2D eigenvalue weighted by atomic mass is 16.7. The zero-order valence-corrected chi connectivity index (χ0v) is 17.0. The molecule has 0 saturated carbocycles. The Hall–Kier alpha value is -3.55. The summed E-state index contributed by atoms with van der Waals surface area (Å²) in [6, 6.07) is 13.9. The first-order chi connectivity index (χ1) is 14.3. The first-order valence-electron chi connectivity index (χ1n) is 9.66. The van der Waals surface area contributed by atoms with Gasteiger partial charge in [-0.1, -0.05) is 36.4 Å². The van der Waals surface area contributed by atoms with Crippen LogP contribution in [-0.2, 0) is 15.1 Å². The molecule has 8 heteroatoms. The summed E-state index contributed by atoms with van der Waals surface area (Å²) in [4.78, 5) is 41.0. The van der Waals surface area contributed by atoms with E-state index < -0.39 is 17.5 Å². The molecule has 1 N–H and O–H groups in total. The van der Waals surface area contributed by atoms with Crippen LogP contribution in [0.15, 0.2) is 48.5 Å². The number of nitrogens with zero attached hydrogens (tertiary/aromatic N) is 2. The zero-order chi connectivity index (χ0) is 21.5. The van der Waals surface area contributed by atoms with Crippen molar-refractivity contribution >= 4 is 17.8 Å². The van der Waals surface area contributed by atoms with Gasteiger partial charge < -0.3 is 19.7 Å². The second-order valence-corrected chi connectivity index (χ2v) is 7.61. The second-order valence-electron chi connectivity index (χ2n) is 7.61. The Bertz CT molecular complexity index is 1010. The number of fused-ring (bicyclic) bond motifs is 1. The van der Waals surface area contributed by atoms with Gasteiger partial charge in [-0.3, -0.25) is 14.5 Å². The van der Waals surface area contributed by atoms with Crippen molar-refractivity contribution in [1.29, 1.82) is 0 Å². The van der Waals surface area contributed by atoms with Gasteiger partial charge in [0.05, 0.1) is 6.04 Å². The van der Waals surface area contributed by atoms with Crippen LogP contribution in [0.25, 0.3) is 0 Å². The fourth-order valence-electron chi connectivity index (χ4n) is 3.66. The van der Waals surface area contributed by atoms with Crippen molar-refractivity contribution in [2.45, 2.75) is 25.4 Å². The highest BCUT2D eigenvalue weighted by Crippen LogP contribution is 2.37. The molecule has 2 aromatic rings. The Morgan fingerprint density at radius 2 is 1.87 bits per heavy atom. The largest absolute Gasteiger partial charge is 0.454 e. The molecule has 0 bridgehead atoms. The number of rotatable bonds is 5. The Kier molecular flexibility index (Phi) is 4.85. The quantitative estimate of drug-likeness (QED) is 0.767. The minimum Gasteiger partial charge on any atom is -0.454 e. The SMILES string of the molecule is C[C@H](c1ccccc1)N(C)C(=O)CN1C(=O)N[C@](C)(c2ccc3c(c2)OCO3)C1=O. The molecule has 2 aliphatic rings. The number of amides is 4. The lowest BCUT2D eigenvalue weighted by Gasteiger charge is -2.27. The van der Waals surface area contributed by atoms with Crippen LogP contribution in [-0.4, -0.2) is 48.0 Å². The van der Waals surface area contributed by atoms with Crippen LogP contribution in [0, 0.1) is 0 Å². The first kappa shape index (κ1) is 19.8. The Labute approximate surface area is 174 Å². The molecule has 0 unspecified atom stereocenters. The van der Waals surface area contributed by atoms with Crippen molar-refractivity contribution in [3.63, 3.8) is 0 Å². The van der Waals surface area contributed by atoms with Gasteiger partial charge in [-0.2, -0.15) is 0 Å². The highest BCUT2D eigenvalue weighted by molar-refractivity contribution is 6.09. The molecule has 2 aromatic carbocycles. The summed E-state index contributed by atoms with van der Waals surface area (Å²) < 4.78 is 10.7. The monoisotopic (exact) mass is 409 g/mol. The number of benzene rings is 2. The standard InChI is InChI=1S/C22H23N3O5/c1-14(15-7-5-4-6-8-15)24(3)19(26)12-25-20(27)22(2,23-21(25)28)16-9-10-17-18(11-16)30-13-29-17/h4-11,14H,12-13H2,1-3H3,(H,23,28)/t14-,22-/m1/s1. The third kappa shape index (κ3) is 3.24. The second kappa shape index (κ2) is 7.37. The van der Waals surface area contributed by atoms with Gasteiger partial charge in [-0.05, 0) is 37.1 Å². The third-order valence-corrected chi connectivity index (χ3v) is 5.77. The summed E-state index contributed by atoms with van der Waals surface area (Å²) in [5.74, 6) is 0.287. The molecule has 0 aromatic heterocycles. The summed E-state index contributed by atoms with van der Waals surface area (Å²) in [6.07, 6.45) is 0. The zero-order valence-electron chi connectivity index (χ0n) is 17.0. The van der Waals surface area contributed by atoms with Crippen LogP contribution in [0.5, 0.6) is 11.5 Å². The number of nitrogens with one attached hydrogen (secondary N) is 1. The Morgan fingerprint density at radius 1 is 1.17 bits per heavy atom. The predicted molar refractivity (Wildman–Crippen MR) is 108 cm³/mol. The normalized spacial score (nSPS) is 20.8. The molecular formula is C22H23N3O5. The molecule has 156 valence electrons. The molecule has 4 amide bonds. The average molecular weight is 409 g/mol. The van der Waals surface area contributed by atoms with E-state index >= 15 is 0 Å². The Morgan fingerprint density at radius 3 is 2.60 bits per heavy atom. The van der Waals surface area contributed by atoms with E-state index in [1.54, 1.807) is 32.2 Å². The van der Waals surface area contributed by atoms with E-state index in [-0.39, 0.29) is 25.3 Å². The Balaban J connectivity index is 1.51. The molecular weight excluding hydrogens is 386 g/mol. The number of likely N-dealkylation sites (N-methyl/N-ethyl adjacent to an activating group) is 1. The smallest absolute Gasteiger partial charge is 0.325 e. The van der Waals surface area contributed by atoms with Crippen LogP contribution in [0.2, 0.25) is 0 Å². The summed E-state index contributed by atoms with van der Waals surface area (Å²) in [7, 11) is 1.66. The summed E-state index contributed by atoms with van der Waals surface area (Å²) in [5, 5.41) is 2.71. The molecule has 1 fully saturated rings. The summed E-state index contributed by atoms with van der Waals surface area (Å²) in [6.45, 7) is 3.29. The molecule has 1 saturated heterocycles. The molecule has 4 rings (SSSR count). The average Bonchev–Trinajstić information content (AvgIpc) is 3.31. The van der Waals surface area contributed by atoms with E-state index in [9.17, 15) is 14.4 Å². The van der Waals surface area contributed by atoms with E-state index in [4.69, 9.17) is 9.47 Å². The topological polar surface area (TPSA) is 88.2 Å². The number of urea groups is 1. The van der Waals surface area contributed by atoms with Crippen LogP contribution in [0.1, 0.15) is 31.0 Å². The molecule has 0 aliphatic carbocycles. The van der Waals surface area contributed by atoms with Gasteiger partial charge in [0.15, 0.2) is 11.5 Å². The van der Waals surface area contributed by atoms with E-state index in [1.807, 2.05) is 37.3 Å². The minimum absolute atomic E-state index is 0.113. The molecule has 2 aliphatic heterocycles. The molecule has 0 radical (unpaired) electrons. The van der Waals surface area contributed by atoms with Gasteiger partial charge in [0.2, 0.25) is 12.7 Å². The molecule has 0 spiro atoms. The van der Waals surface area contributed by atoms with Gasteiger partial charge in [-0.25, -0.2) is 4.79 Å². The summed E-state index contributed by atoms with van der Waals surface area (Å²) in [5.41, 5.74) is 0.240. The maximum absolute atomic E-state index is 13.1. The number of ether oxygens (including phenoxy) is 2. The third-order valence-electron chi connectivity index (χ3n) is 5.77. The lowest BCUT2D eigenvalue weighted by Crippen LogP contribution is -2.44. The van der Waals surface area contributed by atoms with Gasteiger partial charge in [0.1, 0.15) is 12.1 Å². The first-order valence-corrected chi connectivity index (χ1v) is 9.66. The van der Waals surface area contributed by atoms with Crippen LogP contribution < -0.4 is 14.8 Å². The van der Waals surface area contributed by atoms with E-state index in [0.29, 0.717) is 17.1 Å². The van der Waals surface area contributed by atoms with Gasteiger partial charge >= 0.3 is 6.03 Å². The van der Waals surface area contributed by atoms with Crippen molar-refractivity contribution in [2.24, 2.45) is 0 Å². The van der Waals surface area contributed by atoms with Gasteiger partial charge in [0.25, 0.3) is 5.91 Å². The number of hydrogen-bond acceptors (Lipinski definition) is 5. The maximum Gasteiger partial charge on any atom is 0.325 e. The van der Waals surface area contributed by atoms with Crippen molar-refractivity contribution in [1.82, 2.24) is 15.1 Å². The van der Waals surface area contributed by atoms with Crippen molar-refractivity contribution in [3.05, 3.63) is 59.7 Å². The van der Waals surface area contributed by atoms with Gasteiger partial charge in [-0.15, -0.1) is 0 Å². The van der Waals surface area contributed by atoms with E-state index in [1.165, 1.54) is 4.90 Å². The molecule has 8 nitrogen and oxygen atoms in total. The number of carbonyl (C=O) groups excluding carboxylic acids is 3. The van der Waals surface area contributed by atoms with E-state index in [0.717, 1.165) is 10.5 Å². The molecule has 2 atom stereocenters. The highest BCUT2D eigenvalue weighted by Gasteiger charge is 2.50.